The van der Waals surface area contributed by atoms with Crippen molar-refractivity contribution in [3.8, 4) is 0 Å². The molecule has 0 fully saturated rings. The molecule has 36 heavy (non-hydrogen) atoms. The molecule has 0 saturated heterocycles. The Bertz CT molecular complexity index is 1020. The number of nitrogens with one attached hydrogen (secondary N) is 1. The maximum Gasteiger partial charge on any atom is 0.460 e. The van der Waals surface area contributed by atoms with Crippen LogP contribution in [-0.2, 0) is 22.4 Å². The number of alkyl halides is 13. The van der Waals surface area contributed by atoms with Gasteiger partial charge in [0.05, 0.1) is 12.7 Å². The zero-order valence-corrected chi connectivity index (χ0v) is 18.4. The van der Waals surface area contributed by atoms with Gasteiger partial charge in [-0.05, 0) is 31.2 Å². The van der Waals surface area contributed by atoms with Crippen LogP contribution in [0.3, 0.4) is 0 Å². The Hall–Kier alpha value is -2.27. The smallest absolute Gasteiger partial charge is 0.460 e. The number of aryl methyl sites for hydroxylation is 1. The molecule has 0 spiro atoms. The minimum absolute atomic E-state index is 0.121. The van der Waals surface area contributed by atoms with Crippen LogP contribution in [-0.4, -0.2) is 54.8 Å². The van der Waals surface area contributed by atoms with Crippen LogP contribution in [0, 0.1) is 0 Å². The van der Waals surface area contributed by atoms with Gasteiger partial charge in [0.15, 0.2) is 0 Å². The molecule has 0 radical (unpaired) electrons. The number of ether oxygens (including phenoxy) is 1. The van der Waals surface area contributed by atoms with Crippen LogP contribution in [0.4, 0.5) is 62.1 Å². The highest BCUT2D eigenvalue weighted by atomic mass is 32.1. The van der Waals surface area contributed by atoms with Crippen LogP contribution < -0.4 is 5.32 Å². The van der Waals surface area contributed by atoms with Crippen molar-refractivity contribution >= 4 is 28.2 Å². The second-order valence-corrected chi connectivity index (χ2v) is 8.69. The van der Waals surface area contributed by atoms with E-state index in [1.54, 1.807) is 0 Å². The molecule has 0 unspecified atom stereocenters. The molecule has 1 heterocycles. The third-order valence-electron chi connectivity index (χ3n) is 5.26. The van der Waals surface area contributed by atoms with E-state index in [2.05, 4.69) is 4.74 Å². The van der Waals surface area contributed by atoms with E-state index < -0.39 is 58.2 Å². The number of esters is 1. The van der Waals surface area contributed by atoms with Gasteiger partial charge in [-0.3, -0.25) is 4.79 Å². The lowest BCUT2D eigenvalue weighted by Gasteiger charge is -2.39. The third kappa shape index (κ3) is 4.38. The van der Waals surface area contributed by atoms with Gasteiger partial charge in [0.25, 0.3) is 0 Å². The topological polar surface area (TPSA) is 55.4 Å². The first-order chi connectivity index (χ1) is 16.1. The molecule has 2 rings (SSSR count). The fourth-order valence-electron chi connectivity index (χ4n) is 3.24. The zero-order valence-electron chi connectivity index (χ0n) is 17.6. The fourth-order valence-corrected chi connectivity index (χ4v) is 4.51. The summed E-state index contributed by atoms with van der Waals surface area (Å²) in [6, 6.07) is 0. The standard InChI is InChI=1S/C18H14F13NO3S/c1-35-11(33)9-7-5-3-2-4-6-8(7)36-10(9)32-12(34)13(19,20)14(21,22)15(23,24)16(25,26)17(27,28)18(29,30)31/h2-6H2,1H3,(H,32,34). The molecular weight excluding hydrogens is 557 g/mol. The van der Waals surface area contributed by atoms with Crippen LogP contribution in [0.25, 0.3) is 0 Å². The van der Waals surface area contributed by atoms with E-state index in [1.165, 1.54) is 0 Å². The average Bonchev–Trinajstić information content (AvgIpc) is 2.91. The SMILES string of the molecule is COC(=O)c1c(NC(=O)C(F)(F)C(F)(F)C(F)(F)C(F)(F)C(F)(F)C(F)(F)F)sc2c1CCCCC2. The number of carbonyl (C=O) groups excluding carboxylic acids is 2. The summed E-state index contributed by atoms with van der Waals surface area (Å²) < 4.78 is 177. The van der Waals surface area contributed by atoms with Crippen LogP contribution in [0.15, 0.2) is 0 Å². The summed E-state index contributed by atoms with van der Waals surface area (Å²) in [5.74, 6) is -43.6. The summed E-state index contributed by atoms with van der Waals surface area (Å²) in [5, 5.41) is 0.0771. The quantitative estimate of drug-likeness (QED) is 0.232. The Morgan fingerprint density at radius 1 is 0.750 bits per heavy atom. The van der Waals surface area contributed by atoms with Crippen molar-refractivity contribution in [2.75, 3.05) is 12.4 Å². The van der Waals surface area contributed by atoms with E-state index in [4.69, 9.17) is 0 Å². The van der Waals surface area contributed by atoms with Gasteiger partial charge < -0.3 is 10.1 Å². The van der Waals surface area contributed by atoms with E-state index >= 15 is 0 Å². The molecule has 1 aliphatic carbocycles. The first-order valence-corrected chi connectivity index (χ1v) is 10.4. The number of anilines is 1. The zero-order chi connectivity index (χ0) is 28.1. The highest BCUT2D eigenvalue weighted by molar-refractivity contribution is 7.17. The molecule has 1 aromatic heterocycles. The maximum atomic E-state index is 14.1. The lowest BCUT2D eigenvalue weighted by molar-refractivity contribution is -0.435. The highest BCUT2D eigenvalue weighted by Gasteiger charge is 2.91. The molecule has 1 amide bonds. The Labute approximate surface area is 196 Å². The number of methoxy groups -OCH3 is 1. The molecule has 4 nitrogen and oxygen atoms in total. The molecule has 1 N–H and O–H groups in total. The van der Waals surface area contributed by atoms with Crippen molar-refractivity contribution in [2.24, 2.45) is 0 Å². The molecule has 1 aliphatic rings. The van der Waals surface area contributed by atoms with Crippen molar-refractivity contribution < 1.29 is 71.4 Å². The minimum Gasteiger partial charge on any atom is -0.465 e. The highest BCUT2D eigenvalue weighted by Crippen LogP contribution is 2.60. The molecule has 0 saturated carbocycles. The first kappa shape index (κ1) is 30.0. The van der Waals surface area contributed by atoms with E-state index in [1.807, 2.05) is 0 Å². The lowest BCUT2D eigenvalue weighted by Crippen LogP contribution is -2.71. The first-order valence-electron chi connectivity index (χ1n) is 9.59. The largest absolute Gasteiger partial charge is 0.465 e. The number of hydrogen-bond donors (Lipinski definition) is 1. The normalized spacial score (nSPS) is 16.3. The summed E-state index contributed by atoms with van der Waals surface area (Å²) in [6.07, 6.45) is -5.62. The number of hydrogen-bond acceptors (Lipinski definition) is 4. The van der Waals surface area contributed by atoms with Gasteiger partial charge in [0.2, 0.25) is 0 Å². The van der Waals surface area contributed by atoms with E-state index in [-0.39, 0.29) is 18.4 Å². The molecule has 0 aromatic carbocycles. The minimum atomic E-state index is -8.12. The second kappa shape index (κ2) is 9.24. The van der Waals surface area contributed by atoms with Gasteiger partial charge >= 0.3 is 47.7 Å². The van der Waals surface area contributed by atoms with Crippen molar-refractivity contribution in [3.63, 3.8) is 0 Å². The molecule has 1 aromatic rings. The lowest BCUT2D eigenvalue weighted by atomic mass is 9.93. The third-order valence-corrected chi connectivity index (χ3v) is 6.46. The van der Waals surface area contributed by atoms with E-state index in [0.29, 0.717) is 35.5 Å². The van der Waals surface area contributed by atoms with Crippen molar-refractivity contribution in [2.45, 2.75) is 67.9 Å². The second-order valence-electron chi connectivity index (χ2n) is 7.58. The number of amides is 1. The molecule has 18 heteroatoms. The van der Waals surface area contributed by atoms with Crippen LogP contribution >= 0.6 is 11.3 Å². The van der Waals surface area contributed by atoms with E-state index in [9.17, 15) is 66.7 Å². The molecule has 206 valence electrons. The molecule has 0 aliphatic heterocycles. The van der Waals surface area contributed by atoms with Crippen molar-refractivity contribution in [1.82, 2.24) is 0 Å². The summed E-state index contributed by atoms with van der Waals surface area (Å²) in [5.41, 5.74) is -0.469. The van der Waals surface area contributed by atoms with Crippen molar-refractivity contribution in [3.05, 3.63) is 16.0 Å². The van der Waals surface area contributed by atoms with Crippen LogP contribution in [0.1, 0.15) is 40.1 Å². The van der Waals surface area contributed by atoms with Crippen LogP contribution in [0.2, 0.25) is 0 Å². The van der Waals surface area contributed by atoms with Gasteiger partial charge in [-0.25, -0.2) is 4.79 Å². The number of halogens is 13. The monoisotopic (exact) mass is 571 g/mol. The summed E-state index contributed by atoms with van der Waals surface area (Å²) in [4.78, 5) is 24.3. The summed E-state index contributed by atoms with van der Waals surface area (Å²) >= 11 is 0.379. The number of rotatable bonds is 7. The van der Waals surface area contributed by atoms with Gasteiger partial charge in [0, 0.05) is 4.88 Å². The van der Waals surface area contributed by atoms with E-state index in [0.717, 1.165) is 12.4 Å². The Kier molecular flexibility index (Phi) is 7.69. The van der Waals surface area contributed by atoms with Crippen molar-refractivity contribution in [1.29, 1.82) is 0 Å². The summed E-state index contributed by atoms with van der Waals surface area (Å²) in [6.45, 7) is 0. The number of fused-ring (bicyclic) bond motifs is 1. The fraction of sp³-hybridized carbons (Fsp3) is 0.667. The maximum absolute atomic E-state index is 14.1. The predicted octanol–water partition coefficient (Wildman–Crippen LogP) is 6.48. The predicted molar refractivity (Wildman–Crippen MR) is 96.3 cm³/mol. The van der Waals surface area contributed by atoms with Gasteiger partial charge in [-0.15, -0.1) is 11.3 Å². The number of carbonyl (C=O) groups is 2. The summed E-state index contributed by atoms with van der Waals surface area (Å²) in [7, 11) is 0.806. The average molecular weight is 571 g/mol. The molecule has 0 atom stereocenters. The Morgan fingerprint density at radius 3 is 1.75 bits per heavy atom. The van der Waals surface area contributed by atoms with Crippen LogP contribution in [0.5, 0.6) is 0 Å². The molecular formula is C18H14F13NO3S. The van der Waals surface area contributed by atoms with Gasteiger partial charge in [-0.1, -0.05) is 6.42 Å². The van der Waals surface area contributed by atoms with Gasteiger partial charge in [0.1, 0.15) is 5.00 Å². The Morgan fingerprint density at radius 2 is 1.25 bits per heavy atom. The Balaban J connectivity index is 2.52. The molecule has 0 bridgehead atoms. The van der Waals surface area contributed by atoms with Gasteiger partial charge in [-0.2, -0.15) is 57.1 Å². The number of thiophene rings is 1.